The van der Waals surface area contributed by atoms with Crippen molar-refractivity contribution in [2.45, 2.75) is 57.5 Å². The average molecular weight is 429 g/mol. The summed E-state index contributed by atoms with van der Waals surface area (Å²) < 4.78 is 5.52. The van der Waals surface area contributed by atoms with Crippen molar-refractivity contribution in [3.8, 4) is 0 Å². The van der Waals surface area contributed by atoms with Crippen molar-refractivity contribution in [2.75, 3.05) is 0 Å². The van der Waals surface area contributed by atoms with Crippen LogP contribution in [-0.4, -0.2) is 16.0 Å². The molecule has 0 saturated heterocycles. The molecular formula is C23H29ClN4O2. The van der Waals surface area contributed by atoms with Crippen LogP contribution in [0, 0.1) is 5.92 Å². The van der Waals surface area contributed by atoms with Crippen molar-refractivity contribution in [3.05, 3.63) is 59.7 Å². The second-order valence-electron chi connectivity index (χ2n) is 8.47. The Morgan fingerprint density at radius 1 is 1.17 bits per heavy atom. The Kier molecular flexibility index (Phi) is 6.78. The summed E-state index contributed by atoms with van der Waals surface area (Å²) in [5.41, 5.74) is 6.92. The van der Waals surface area contributed by atoms with Crippen LogP contribution in [-0.2, 0) is 16.8 Å². The normalized spacial score (nSPS) is 16.4. The molecule has 1 aliphatic carbocycles. The Morgan fingerprint density at radius 3 is 2.57 bits per heavy atom. The fourth-order valence-electron chi connectivity index (χ4n) is 4.07. The molecular weight excluding hydrogens is 400 g/mol. The summed E-state index contributed by atoms with van der Waals surface area (Å²) in [5, 5.41) is 9.50. The predicted octanol–water partition coefficient (Wildman–Crippen LogP) is 4.43. The van der Waals surface area contributed by atoms with Gasteiger partial charge in [0.15, 0.2) is 5.82 Å². The molecule has 1 aliphatic rings. The van der Waals surface area contributed by atoms with Gasteiger partial charge >= 0.3 is 0 Å². The van der Waals surface area contributed by atoms with Crippen LogP contribution in [0.2, 0.25) is 0 Å². The molecule has 1 unspecified atom stereocenters. The molecule has 7 heteroatoms. The summed E-state index contributed by atoms with van der Waals surface area (Å²) in [6, 6.07) is 13.9. The Labute approximate surface area is 183 Å². The Hall–Kier alpha value is -2.44. The molecule has 1 saturated carbocycles. The van der Waals surface area contributed by atoms with Crippen LogP contribution in [0.3, 0.4) is 0 Å². The lowest BCUT2D eigenvalue weighted by Crippen LogP contribution is -2.35. The maximum Gasteiger partial charge on any atom is 0.249 e. The second-order valence-corrected chi connectivity index (χ2v) is 8.47. The fourth-order valence-corrected chi connectivity index (χ4v) is 4.07. The van der Waals surface area contributed by atoms with Crippen LogP contribution in [0.15, 0.2) is 47.0 Å². The topological polar surface area (TPSA) is 94.0 Å². The van der Waals surface area contributed by atoms with Crippen LogP contribution in [0.1, 0.15) is 62.9 Å². The van der Waals surface area contributed by atoms with Gasteiger partial charge in [-0.3, -0.25) is 4.79 Å². The number of nitrogens with one attached hydrogen (secondary N) is 1. The zero-order valence-electron chi connectivity index (χ0n) is 17.4. The minimum absolute atomic E-state index is 0. The van der Waals surface area contributed by atoms with E-state index >= 15 is 0 Å². The third kappa shape index (κ3) is 4.65. The molecule has 2 aromatic carbocycles. The number of amides is 1. The van der Waals surface area contributed by atoms with Gasteiger partial charge in [-0.25, -0.2) is 0 Å². The number of hydrogen-bond acceptors (Lipinski definition) is 5. The molecule has 1 aromatic heterocycles. The quantitative estimate of drug-likeness (QED) is 0.605. The Bertz CT molecular complexity index is 1010. The summed E-state index contributed by atoms with van der Waals surface area (Å²) in [7, 11) is 0. The molecule has 4 rings (SSSR count). The number of rotatable bonds is 6. The van der Waals surface area contributed by atoms with Gasteiger partial charge in [-0.1, -0.05) is 74.3 Å². The van der Waals surface area contributed by atoms with Gasteiger partial charge < -0.3 is 15.6 Å². The molecule has 0 bridgehead atoms. The molecule has 30 heavy (non-hydrogen) atoms. The van der Waals surface area contributed by atoms with E-state index in [9.17, 15) is 4.79 Å². The zero-order chi connectivity index (χ0) is 20.4. The molecule has 0 spiro atoms. The first kappa shape index (κ1) is 22.2. The molecule has 160 valence electrons. The summed E-state index contributed by atoms with van der Waals surface area (Å²) in [6.07, 6.45) is 4.20. The highest BCUT2D eigenvalue weighted by atomic mass is 35.5. The number of fused-ring (bicyclic) bond motifs is 1. The fraction of sp³-hybridized carbons (Fsp3) is 0.435. The maximum absolute atomic E-state index is 12.7. The van der Waals surface area contributed by atoms with Gasteiger partial charge in [-0.15, -0.1) is 12.4 Å². The number of benzene rings is 2. The van der Waals surface area contributed by atoms with E-state index in [1.54, 1.807) is 0 Å². The lowest BCUT2D eigenvalue weighted by molar-refractivity contribution is -0.121. The zero-order valence-corrected chi connectivity index (χ0v) is 18.2. The van der Waals surface area contributed by atoms with Crippen molar-refractivity contribution in [1.29, 1.82) is 0 Å². The molecule has 0 radical (unpaired) electrons. The van der Waals surface area contributed by atoms with E-state index in [0.717, 1.165) is 42.0 Å². The summed E-state index contributed by atoms with van der Waals surface area (Å²) in [6.45, 7) is 4.05. The van der Waals surface area contributed by atoms with Crippen molar-refractivity contribution in [3.63, 3.8) is 0 Å². The van der Waals surface area contributed by atoms with Crippen LogP contribution < -0.4 is 11.1 Å². The number of nitrogens with two attached hydrogens (primary N) is 1. The predicted molar refractivity (Wildman–Crippen MR) is 119 cm³/mol. The SMILES string of the molecule is CC(C)C(NC(=O)Cc1ccc2ccccc2c1)c1nc(C2(N)CCCC2)no1.Cl. The van der Waals surface area contributed by atoms with Crippen LogP contribution in [0.5, 0.6) is 0 Å². The molecule has 1 heterocycles. The van der Waals surface area contributed by atoms with Crippen molar-refractivity contribution in [2.24, 2.45) is 11.7 Å². The van der Waals surface area contributed by atoms with E-state index in [-0.39, 0.29) is 30.3 Å². The minimum atomic E-state index is -0.502. The van der Waals surface area contributed by atoms with Gasteiger partial charge in [0.25, 0.3) is 0 Å². The first-order chi connectivity index (χ1) is 13.9. The van der Waals surface area contributed by atoms with Gasteiger partial charge in [0.1, 0.15) is 6.04 Å². The first-order valence-electron chi connectivity index (χ1n) is 10.3. The number of carbonyl (C=O) groups excluding carboxylic acids is 1. The Balaban J connectivity index is 0.00000256. The first-order valence-corrected chi connectivity index (χ1v) is 10.3. The van der Waals surface area contributed by atoms with Gasteiger partial charge in [0.05, 0.1) is 12.0 Å². The number of hydrogen-bond donors (Lipinski definition) is 2. The number of carbonyl (C=O) groups is 1. The van der Waals surface area contributed by atoms with Crippen LogP contribution in [0.4, 0.5) is 0 Å². The molecule has 0 aliphatic heterocycles. The van der Waals surface area contributed by atoms with Gasteiger partial charge in [-0.2, -0.15) is 4.98 Å². The smallest absolute Gasteiger partial charge is 0.249 e. The standard InChI is InChI=1S/C23H28N4O2.ClH/c1-15(2)20(21-26-22(27-29-21)23(24)11-5-6-12-23)25-19(28)14-16-9-10-17-7-3-4-8-18(17)13-16;/h3-4,7-10,13,15,20H,5-6,11-12,14,24H2,1-2H3,(H,25,28);1H. The highest BCUT2D eigenvalue weighted by Gasteiger charge is 2.37. The number of halogens is 1. The van der Waals surface area contributed by atoms with Crippen molar-refractivity contribution < 1.29 is 9.32 Å². The average Bonchev–Trinajstić information content (AvgIpc) is 3.36. The monoisotopic (exact) mass is 428 g/mol. The largest absolute Gasteiger partial charge is 0.344 e. The van der Waals surface area contributed by atoms with Crippen molar-refractivity contribution >= 4 is 29.1 Å². The molecule has 1 fully saturated rings. The Morgan fingerprint density at radius 2 is 1.87 bits per heavy atom. The highest BCUT2D eigenvalue weighted by Crippen LogP contribution is 2.35. The molecule has 3 aromatic rings. The van der Waals surface area contributed by atoms with Crippen LogP contribution in [0.25, 0.3) is 10.8 Å². The molecule has 1 amide bonds. The van der Waals surface area contributed by atoms with E-state index < -0.39 is 5.54 Å². The van der Waals surface area contributed by atoms with E-state index in [1.807, 2.05) is 38.1 Å². The lowest BCUT2D eigenvalue weighted by Gasteiger charge is -2.20. The third-order valence-electron chi connectivity index (χ3n) is 5.81. The molecule has 3 N–H and O–H groups in total. The van der Waals surface area contributed by atoms with Crippen molar-refractivity contribution in [1.82, 2.24) is 15.5 Å². The van der Waals surface area contributed by atoms with E-state index in [2.05, 4.69) is 33.7 Å². The van der Waals surface area contributed by atoms with Gasteiger partial charge in [-0.05, 0) is 35.1 Å². The lowest BCUT2D eigenvalue weighted by atomic mass is 9.98. The molecule has 6 nitrogen and oxygen atoms in total. The minimum Gasteiger partial charge on any atom is -0.344 e. The summed E-state index contributed by atoms with van der Waals surface area (Å²) in [4.78, 5) is 17.3. The van der Waals surface area contributed by atoms with E-state index in [1.165, 1.54) is 0 Å². The number of aromatic nitrogens is 2. The second kappa shape index (κ2) is 9.14. The third-order valence-corrected chi connectivity index (χ3v) is 5.81. The van der Waals surface area contributed by atoms with E-state index in [0.29, 0.717) is 18.1 Å². The maximum atomic E-state index is 12.7. The number of nitrogens with zero attached hydrogens (tertiary/aromatic N) is 2. The van der Waals surface area contributed by atoms with Crippen LogP contribution >= 0.6 is 12.4 Å². The summed E-state index contributed by atoms with van der Waals surface area (Å²) in [5.74, 6) is 1.03. The summed E-state index contributed by atoms with van der Waals surface area (Å²) >= 11 is 0. The van der Waals surface area contributed by atoms with E-state index in [4.69, 9.17) is 10.3 Å². The van der Waals surface area contributed by atoms with Gasteiger partial charge in [0.2, 0.25) is 11.8 Å². The highest BCUT2D eigenvalue weighted by molar-refractivity contribution is 5.86. The van der Waals surface area contributed by atoms with Gasteiger partial charge in [0, 0.05) is 0 Å². The molecule has 1 atom stereocenters.